The Kier molecular flexibility index (Phi) is 24.9. The Morgan fingerprint density at radius 2 is 1.57 bits per heavy atom. The zero-order valence-corrected chi connectivity index (χ0v) is 41.4. The number of phosphoric acid groups is 3. The largest absolute Gasteiger partial charge is 0.481 e. The first-order chi connectivity index (χ1) is 31.6. The molecule has 1 fully saturated rings. The van der Waals surface area contributed by atoms with Crippen LogP contribution in [-0.4, -0.2) is 123 Å². The number of hydrogen-bond acceptors (Lipinski definition) is 18. The number of carbonyl (C=O) groups excluding carboxylic acids is 3. The lowest BCUT2D eigenvalue weighted by molar-refractivity contribution is -0.137. The molecule has 0 aromatic carbocycles. The van der Waals surface area contributed by atoms with Crippen LogP contribution in [0.1, 0.15) is 110 Å². The van der Waals surface area contributed by atoms with Gasteiger partial charge < -0.3 is 50.9 Å². The van der Waals surface area contributed by atoms with Gasteiger partial charge in [-0.3, -0.25) is 32.5 Å². The zero-order chi connectivity index (χ0) is 49.7. The molecular formula is C39H66N7O17P3S. The van der Waals surface area contributed by atoms with E-state index < -0.39 is 84.6 Å². The summed E-state index contributed by atoms with van der Waals surface area (Å²) in [7, 11) is -16.4. The average Bonchev–Trinajstić information content (AvgIpc) is 3.81. The molecule has 67 heavy (non-hydrogen) atoms. The first-order valence-electron chi connectivity index (χ1n) is 21.9. The van der Waals surface area contributed by atoms with E-state index in [1.54, 1.807) is 0 Å². The second-order valence-electron chi connectivity index (χ2n) is 16.3. The summed E-state index contributed by atoms with van der Waals surface area (Å²) in [5.41, 5.74) is 4.28. The van der Waals surface area contributed by atoms with E-state index in [9.17, 15) is 57.9 Å². The van der Waals surface area contributed by atoms with Crippen LogP contribution in [-0.2, 0) is 50.7 Å². The lowest BCUT2D eigenvalue weighted by Crippen LogP contribution is -2.46. The maximum Gasteiger partial charge on any atom is 0.481 e. The number of nitrogens with one attached hydrogen (secondary N) is 2. The number of thioether (sulfide) groups is 1. The van der Waals surface area contributed by atoms with Gasteiger partial charge in [-0.25, -0.2) is 28.6 Å². The lowest BCUT2D eigenvalue weighted by Gasteiger charge is -2.30. The molecule has 10 N–H and O–H groups in total. The second kappa shape index (κ2) is 28.6. The molecule has 1 aliphatic heterocycles. The molecule has 1 saturated heterocycles. The van der Waals surface area contributed by atoms with Crippen LogP contribution in [0.2, 0.25) is 0 Å². The van der Waals surface area contributed by atoms with E-state index in [2.05, 4.69) is 65.6 Å². The summed E-state index contributed by atoms with van der Waals surface area (Å²) in [6.45, 7) is 2.76. The molecule has 0 saturated carbocycles. The summed E-state index contributed by atoms with van der Waals surface area (Å²) in [6.07, 6.45) is 14.7. The van der Waals surface area contributed by atoms with Crippen molar-refractivity contribution in [3.05, 3.63) is 37.0 Å². The highest BCUT2D eigenvalue weighted by molar-refractivity contribution is 8.13. The number of allylic oxidation sites excluding steroid dienone is 4. The Labute approximate surface area is 393 Å². The quantitative estimate of drug-likeness (QED) is 0.0270. The Hall–Kier alpha value is -2.96. The molecule has 24 nitrogen and oxygen atoms in total. The van der Waals surface area contributed by atoms with Gasteiger partial charge in [0.25, 0.3) is 0 Å². The van der Waals surface area contributed by atoms with Gasteiger partial charge in [-0.2, -0.15) is 4.31 Å². The van der Waals surface area contributed by atoms with Crippen molar-refractivity contribution in [1.82, 2.24) is 30.2 Å². The number of phosphoric ester groups is 3. The number of hydrogen-bond donors (Lipinski definition) is 9. The van der Waals surface area contributed by atoms with E-state index >= 15 is 0 Å². The van der Waals surface area contributed by atoms with E-state index in [-0.39, 0.29) is 41.6 Å². The number of nitrogens with two attached hydrogens (primary N) is 1. The van der Waals surface area contributed by atoms with E-state index in [0.717, 1.165) is 54.7 Å². The predicted molar refractivity (Wildman–Crippen MR) is 246 cm³/mol. The van der Waals surface area contributed by atoms with Crippen molar-refractivity contribution in [2.75, 3.05) is 37.8 Å². The third-order valence-electron chi connectivity index (χ3n) is 10.1. The average molecular weight is 1030 g/mol. The van der Waals surface area contributed by atoms with E-state index in [0.29, 0.717) is 12.2 Å². The Bertz CT molecular complexity index is 2090. The number of rotatable bonds is 33. The Morgan fingerprint density at radius 1 is 0.910 bits per heavy atom. The molecule has 2 amide bonds. The minimum Gasteiger partial charge on any atom is -0.386 e. The molecule has 3 rings (SSSR count). The molecular weight excluding hydrogens is 963 g/mol. The summed E-state index contributed by atoms with van der Waals surface area (Å²) in [6, 6.07) is 0. The fourth-order valence-electron chi connectivity index (χ4n) is 6.46. The topological polar surface area (TPSA) is 364 Å². The fraction of sp³-hybridized carbons (Fsp3) is 0.692. The van der Waals surface area contributed by atoms with Crippen molar-refractivity contribution in [3.8, 4) is 0 Å². The van der Waals surface area contributed by atoms with Gasteiger partial charge in [-0.15, -0.1) is 0 Å². The lowest BCUT2D eigenvalue weighted by atomic mass is 9.87. The summed E-state index contributed by atoms with van der Waals surface area (Å²) >= 11 is 1.12. The number of nitrogens with zero attached hydrogens (tertiary/aromatic N) is 4. The molecule has 3 heterocycles. The van der Waals surface area contributed by atoms with E-state index in [4.69, 9.17) is 19.5 Å². The number of imidazole rings is 1. The minimum atomic E-state index is -5.58. The normalized spacial score (nSPS) is 20.3. The van der Waals surface area contributed by atoms with E-state index in [1.807, 2.05) is 0 Å². The van der Waals surface area contributed by atoms with Crippen LogP contribution < -0.4 is 16.4 Å². The van der Waals surface area contributed by atoms with Gasteiger partial charge in [0.1, 0.15) is 36.3 Å². The maximum absolute atomic E-state index is 12.7. The standard InChI is InChI=1S/C39H66N7O17P3S/c1-4-5-6-7-8-9-10-11-12-13-14-15-16-17-18-19-30(48)67-23-22-41-29(47)20-21-42-37(51)34(50)39(2,3)25-60-66(57,58)63-65(55,56)59-24-28-33(62-64(52,53)54)32(49)38(61-28)46-27-45-31-35(40)43-26-44-36(31)46/h12-13,15-16,26-28,32-34,38,49-50H,4-11,14,17-25H2,1-3H3,(H,41,47)(H,42,51)(H,55,56)(H,57,58)(H2,40,43,44)(H2,52,53,54)/b13-12-,16-15-/t28-,32-,33-,34+,38-/m1/s1. The van der Waals surface area contributed by atoms with Crippen LogP contribution in [0.3, 0.4) is 0 Å². The van der Waals surface area contributed by atoms with Crippen LogP contribution in [0, 0.1) is 5.41 Å². The molecule has 7 atom stereocenters. The molecule has 0 radical (unpaired) electrons. The van der Waals surface area contributed by atoms with Gasteiger partial charge >= 0.3 is 23.5 Å². The van der Waals surface area contributed by atoms with Crippen molar-refractivity contribution in [3.63, 3.8) is 0 Å². The number of nitrogen functional groups attached to an aromatic ring is 1. The number of unbranched alkanes of at least 4 members (excludes halogenated alkanes) is 8. The Balaban J connectivity index is 1.32. The summed E-state index contributed by atoms with van der Waals surface area (Å²) in [5.74, 6) is -1.07. The number of carbonyl (C=O) groups is 3. The first-order valence-corrected chi connectivity index (χ1v) is 27.4. The molecule has 2 unspecified atom stereocenters. The molecule has 0 spiro atoms. The van der Waals surface area contributed by atoms with Gasteiger partial charge in [0.15, 0.2) is 22.8 Å². The third kappa shape index (κ3) is 21.7. The number of aliphatic hydroxyl groups excluding tert-OH is 2. The van der Waals surface area contributed by atoms with Crippen molar-refractivity contribution in [2.24, 2.45) is 5.41 Å². The third-order valence-corrected chi connectivity index (χ3v) is 14.1. The molecule has 380 valence electrons. The van der Waals surface area contributed by atoms with Gasteiger partial charge in [0, 0.05) is 37.1 Å². The SMILES string of the molecule is CCCCCCCCC/C=C\C/C=C\CCCC(=O)SCCNC(=O)CCNC(=O)[C@H](O)C(C)(C)COP(=O)(O)OP(=O)(O)OC[C@H]1O[C@@H](n2cnc3c(N)ncnc32)[C@H](O)[C@@H]1OP(=O)(O)O. The second-order valence-corrected chi connectivity index (χ2v) is 21.7. The number of fused-ring (bicyclic) bond motifs is 1. The summed E-state index contributed by atoms with van der Waals surface area (Å²) in [5, 5.41) is 26.6. The number of amides is 2. The van der Waals surface area contributed by atoms with Gasteiger partial charge in [-0.05, 0) is 32.1 Å². The summed E-state index contributed by atoms with van der Waals surface area (Å²) in [4.78, 5) is 88.3. The van der Waals surface area contributed by atoms with Crippen LogP contribution in [0.15, 0.2) is 37.0 Å². The molecule has 0 aliphatic carbocycles. The molecule has 28 heteroatoms. The fourth-order valence-corrected chi connectivity index (χ4v) is 10.0. The highest BCUT2D eigenvalue weighted by atomic mass is 32.2. The van der Waals surface area contributed by atoms with E-state index in [1.165, 1.54) is 58.8 Å². The predicted octanol–water partition coefficient (Wildman–Crippen LogP) is 4.48. The zero-order valence-electron chi connectivity index (χ0n) is 37.9. The minimum absolute atomic E-state index is 0.0224. The molecule has 2 aromatic heterocycles. The molecule has 0 bridgehead atoms. The van der Waals surface area contributed by atoms with Crippen LogP contribution >= 0.6 is 35.2 Å². The molecule has 2 aromatic rings. The van der Waals surface area contributed by atoms with Crippen LogP contribution in [0.25, 0.3) is 11.2 Å². The van der Waals surface area contributed by atoms with Crippen LogP contribution in [0.4, 0.5) is 5.82 Å². The van der Waals surface area contributed by atoms with Crippen molar-refractivity contribution in [2.45, 2.75) is 135 Å². The van der Waals surface area contributed by atoms with Crippen molar-refractivity contribution in [1.29, 1.82) is 0 Å². The monoisotopic (exact) mass is 1030 g/mol. The van der Waals surface area contributed by atoms with Crippen molar-refractivity contribution < 1.29 is 80.5 Å². The number of ether oxygens (including phenoxy) is 1. The van der Waals surface area contributed by atoms with Gasteiger partial charge in [-0.1, -0.05) is 95.4 Å². The molecule has 1 aliphatic rings. The first kappa shape index (κ1) is 58.4. The number of anilines is 1. The Morgan fingerprint density at radius 3 is 2.25 bits per heavy atom. The van der Waals surface area contributed by atoms with Gasteiger partial charge in [0.2, 0.25) is 11.8 Å². The summed E-state index contributed by atoms with van der Waals surface area (Å²) < 4.78 is 62.4. The smallest absolute Gasteiger partial charge is 0.386 e. The van der Waals surface area contributed by atoms with Crippen LogP contribution in [0.5, 0.6) is 0 Å². The number of aromatic nitrogens is 4. The maximum atomic E-state index is 12.7. The van der Waals surface area contributed by atoms with Crippen molar-refractivity contribution >= 4 is 69.1 Å². The number of aliphatic hydroxyl groups is 2. The van der Waals surface area contributed by atoms with Gasteiger partial charge in [0.05, 0.1) is 19.5 Å². The highest BCUT2D eigenvalue weighted by Gasteiger charge is 2.50. The highest BCUT2D eigenvalue weighted by Crippen LogP contribution is 2.61.